The topological polar surface area (TPSA) is 29.1 Å². The summed E-state index contributed by atoms with van der Waals surface area (Å²) in [6.07, 6.45) is 5.78. The van der Waals surface area contributed by atoms with Gasteiger partial charge in [-0.25, -0.2) is 0 Å². The lowest BCUT2D eigenvalue weighted by molar-refractivity contribution is -0.121. The van der Waals surface area contributed by atoms with E-state index in [0.29, 0.717) is 12.5 Å². The molecular weight excluding hydrogens is 210 g/mol. The van der Waals surface area contributed by atoms with E-state index in [1.165, 1.54) is 25.7 Å². The van der Waals surface area contributed by atoms with Gasteiger partial charge in [0.15, 0.2) is 0 Å². The number of carbonyl (C=O) groups is 1. The first-order valence-electron chi connectivity index (χ1n) is 6.64. The van der Waals surface area contributed by atoms with Gasteiger partial charge in [0.25, 0.3) is 0 Å². The molecule has 2 heteroatoms. The molecule has 0 aromatic heterocycles. The predicted molar refractivity (Wildman–Crippen MR) is 67.5 cm³/mol. The molecule has 2 saturated carbocycles. The van der Waals surface area contributed by atoms with Crippen LogP contribution in [0.15, 0.2) is 30.3 Å². The van der Waals surface area contributed by atoms with Crippen LogP contribution in [0.1, 0.15) is 31.2 Å². The largest absolute Gasteiger partial charge is 0.353 e. The molecule has 1 N–H and O–H groups in total. The molecule has 1 aromatic carbocycles. The fourth-order valence-electron chi connectivity index (χ4n) is 3.46. The van der Waals surface area contributed by atoms with Crippen molar-refractivity contribution in [3.63, 3.8) is 0 Å². The molecule has 0 spiro atoms. The average Bonchev–Trinajstić information content (AvgIpc) is 2.92. The Morgan fingerprint density at radius 1 is 1.18 bits per heavy atom. The van der Waals surface area contributed by atoms with Crippen molar-refractivity contribution in [1.29, 1.82) is 0 Å². The maximum atomic E-state index is 11.9. The Morgan fingerprint density at radius 3 is 2.65 bits per heavy atom. The highest BCUT2D eigenvalue weighted by molar-refractivity contribution is 5.78. The van der Waals surface area contributed by atoms with Crippen LogP contribution in [-0.4, -0.2) is 11.9 Å². The molecule has 2 aliphatic carbocycles. The molecule has 17 heavy (non-hydrogen) atoms. The summed E-state index contributed by atoms with van der Waals surface area (Å²) in [5, 5.41) is 3.22. The minimum atomic E-state index is 0.189. The third-order valence-corrected chi connectivity index (χ3v) is 4.29. The number of rotatable bonds is 3. The molecule has 0 unspecified atom stereocenters. The van der Waals surface area contributed by atoms with Crippen molar-refractivity contribution in [2.75, 3.05) is 0 Å². The van der Waals surface area contributed by atoms with Crippen molar-refractivity contribution in [1.82, 2.24) is 5.32 Å². The third kappa shape index (κ3) is 2.36. The normalized spacial score (nSPS) is 30.5. The number of hydrogen-bond donors (Lipinski definition) is 1. The van der Waals surface area contributed by atoms with Crippen molar-refractivity contribution in [3.8, 4) is 0 Å². The van der Waals surface area contributed by atoms with Crippen LogP contribution in [0.2, 0.25) is 0 Å². The summed E-state index contributed by atoms with van der Waals surface area (Å²) in [5.74, 6) is 1.84. The Labute approximate surface area is 102 Å². The van der Waals surface area contributed by atoms with E-state index < -0.39 is 0 Å². The Morgan fingerprint density at radius 2 is 2.00 bits per heavy atom. The molecule has 2 fully saturated rings. The molecule has 2 aliphatic rings. The maximum absolute atomic E-state index is 11.9. The van der Waals surface area contributed by atoms with Gasteiger partial charge in [-0.3, -0.25) is 4.79 Å². The van der Waals surface area contributed by atoms with E-state index in [-0.39, 0.29) is 5.91 Å². The zero-order valence-corrected chi connectivity index (χ0v) is 10.1. The Hall–Kier alpha value is -1.31. The fraction of sp³-hybridized carbons (Fsp3) is 0.533. The molecule has 3 rings (SSSR count). The molecule has 1 amide bonds. The molecule has 90 valence electrons. The van der Waals surface area contributed by atoms with E-state index in [1.54, 1.807) is 0 Å². The lowest BCUT2D eigenvalue weighted by Crippen LogP contribution is -2.39. The highest BCUT2D eigenvalue weighted by Gasteiger charge is 2.39. The molecular formula is C15H19NO. The molecule has 0 saturated heterocycles. The van der Waals surface area contributed by atoms with Crippen LogP contribution in [0.5, 0.6) is 0 Å². The monoisotopic (exact) mass is 229 g/mol. The van der Waals surface area contributed by atoms with E-state index >= 15 is 0 Å². The van der Waals surface area contributed by atoms with Gasteiger partial charge < -0.3 is 5.32 Å². The van der Waals surface area contributed by atoms with Gasteiger partial charge in [-0.2, -0.15) is 0 Å². The number of fused-ring (bicyclic) bond motifs is 2. The second-order valence-electron chi connectivity index (χ2n) is 5.51. The second-order valence-corrected chi connectivity index (χ2v) is 5.51. The quantitative estimate of drug-likeness (QED) is 0.848. The molecule has 0 heterocycles. The first-order valence-corrected chi connectivity index (χ1v) is 6.64. The van der Waals surface area contributed by atoms with Crippen molar-refractivity contribution < 1.29 is 4.79 Å². The summed E-state index contributed by atoms with van der Waals surface area (Å²) < 4.78 is 0. The van der Waals surface area contributed by atoms with Crippen LogP contribution in [0.4, 0.5) is 0 Å². The number of nitrogens with one attached hydrogen (secondary N) is 1. The van der Waals surface area contributed by atoms with Crippen molar-refractivity contribution in [3.05, 3.63) is 35.9 Å². The first kappa shape index (κ1) is 10.8. The molecule has 0 radical (unpaired) electrons. The highest BCUT2D eigenvalue weighted by atomic mass is 16.1. The van der Waals surface area contributed by atoms with Crippen LogP contribution in [-0.2, 0) is 11.2 Å². The van der Waals surface area contributed by atoms with Crippen molar-refractivity contribution >= 4 is 5.91 Å². The zero-order chi connectivity index (χ0) is 11.7. The van der Waals surface area contributed by atoms with Crippen molar-refractivity contribution in [2.24, 2.45) is 11.8 Å². The summed E-state index contributed by atoms with van der Waals surface area (Å²) in [6.45, 7) is 0. The minimum Gasteiger partial charge on any atom is -0.353 e. The Balaban J connectivity index is 1.54. The van der Waals surface area contributed by atoms with Gasteiger partial charge in [-0.15, -0.1) is 0 Å². The zero-order valence-electron chi connectivity index (χ0n) is 10.1. The average molecular weight is 229 g/mol. The first-order chi connectivity index (χ1) is 8.31. The number of carbonyl (C=O) groups excluding carboxylic acids is 1. The minimum absolute atomic E-state index is 0.189. The van der Waals surface area contributed by atoms with Crippen molar-refractivity contribution in [2.45, 2.75) is 38.1 Å². The Kier molecular flexibility index (Phi) is 2.87. The van der Waals surface area contributed by atoms with Gasteiger partial charge in [0.05, 0.1) is 6.42 Å². The van der Waals surface area contributed by atoms with Crippen LogP contribution in [0.3, 0.4) is 0 Å². The smallest absolute Gasteiger partial charge is 0.224 e. The second kappa shape index (κ2) is 4.52. The lowest BCUT2D eigenvalue weighted by Gasteiger charge is -2.22. The van der Waals surface area contributed by atoms with E-state index in [4.69, 9.17) is 0 Å². The highest BCUT2D eigenvalue weighted by Crippen LogP contribution is 2.44. The molecule has 2 bridgehead atoms. The predicted octanol–water partition coefficient (Wildman–Crippen LogP) is 2.53. The molecule has 2 nitrogen and oxygen atoms in total. The molecule has 1 aromatic rings. The van der Waals surface area contributed by atoms with Crippen LogP contribution in [0.25, 0.3) is 0 Å². The summed E-state index contributed by atoms with van der Waals surface area (Å²) in [4.78, 5) is 11.9. The van der Waals surface area contributed by atoms with Gasteiger partial charge in [0, 0.05) is 6.04 Å². The maximum Gasteiger partial charge on any atom is 0.224 e. The van der Waals surface area contributed by atoms with E-state index in [1.807, 2.05) is 30.3 Å². The van der Waals surface area contributed by atoms with Crippen LogP contribution >= 0.6 is 0 Å². The van der Waals surface area contributed by atoms with Gasteiger partial charge in [-0.05, 0) is 36.7 Å². The summed E-state index contributed by atoms with van der Waals surface area (Å²) >= 11 is 0. The van der Waals surface area contributed by atoms with Gasteiger partial charge >= 0.3 is 0 Å². The van der Waals surface area contributed by atoms with Gasteiger partial charge in [0.2, 0.25) is 5.91 Å². The summed E-state index contributed by atoms with van der Waals surface area (Å²) in [5.41, 5.74) is 1.10. The fourth-order valence-corrected chi connectivity index (χ4v) is 3.46. The molecule has 3 atom stereocenters. The standard InChI is InChI=1S/C15H19NO/c17-15(10-11-4-2-1-3-5-11)16-14-9-12-6-7-13(14)8-12/h1-5,12-14H,6-10H2,(H,16,17)/t12-,13+,14-/m0/s1. The summed E-state index contributed by atoms with van der Waals surface area (Å²) in [6, 6.07) is 10.4. The van der Waals surface area contributed by atoms with E-state index in [9.17, 15) is 4.79 Å². The lowest BCUT2D eigenvalue weighted by atomic mass is 9.95. The van der Waals surface area contributed by atoms with Crippen LogP contribution in [0, 0.1) is 11.8 Å². The Bertz CT molecular complexity index is 401. The number of benzene rings is 1. The van der Waals surface area contributed by atoms with Crippen LogP contribution < -0.4 is 5.32 Å². The SMILES string of the molecule is O=C(Cc1ccccc1)N[C@H]1C[C@H]2CC[C@@H]1C2. The van der Waals surface area contributed by atoms with E-state index in [0.717, 1.165) is 17.4 Å². The molecule has 0 aliphatic heterocycles. The van der Waals surface area contributed by atoms with E-state index in [2.05, 4.69) is 5.32 Å². The van der Waals surface area contributed by atoms with Gasteiger partial charge in [0.1, 0.15) is 0 Å². The van der Waals surface area contributed by atoms with Gasteiger partial charge in [-0.1, -0.05) is 36.8 Å². The number of amides is 1. The third-order valence-electron chi connectivity index (χ3n) is 4.29. The summed E-state index contributed by atoms with van der Waals surface area (Å²) in [7, 11) is 0. The number of hydrogen-bond acceptors (Lipinski definition) is 1.